The van der Waals surface area contributed by atoms with E-state index in [9.17, 15) is 4.79 Å². The van der Waals surface area contributed by atoms with Crippen LogP contribution in [-0.2, 0) is 24.3 Å². The Labute approximate surface area is 154 Å². The highest BCUT2D eigenvalue weighted by atomic mass is 16.5. The standard InChI is InChI=1S/C23H23NO2/c25-23(26-18-21-9-5-2-6-10-21)22-13-11-20(12-14-22)17-24-16-15-19-7-3-1-4-8-19/h1-14,24H,15-18H2. The van der Waals surface area contributed by atoms with Gasteiger partial charge in [0, 0.05) is 6.54 Å². The van der Waals surface area contributed by atoms with Gasteiger partial charge in [-0.2, -0.15) is 0 Å². The fourth-order valence-corrected chi connectivity index (χ4v) is 2.68. The second-order valence-corrected chi connectivity index (χ2v) is 6.17. The van der Waals surface area contributed by atoms with E-state index in [4.69, 9.17) is 4.74 Å². The van der Waals surface area contributed by atoms with E-state index in [-0.39, 0.29) is 5.97 Å². The minimum absolute atomic E-state index is 0.294. The van der Waals surface area contributed by atoms with Gasteiger partial charge in [-0.25, -0.2) is 4.79 Å². The molecule has 3 heteroatoms. The van der Waals surface area contributed by atoms with Crippen molar-refractivity contribution in [2.45, 2.75) is 19.6 Å². The molecule has 0 unspecified atom stereocenters. The highest BCUT2D eigenvalue weighted by Gasteiger charge is 2.07. The van der Waals surface area contributed by atoms with E-state index < -0.39 is 0 Å². The topological polar surface area (TPSA) is 38.3 Å². The maximum atomic E-state index is 12.1. The largest absolute Gasteiger partial charge is 0.457 e. The van der Waals surface area contributed by atoms with Gasteiger partial charge in [0.1, 0.15) is 6.61 Å². The highest BCUT2D eigenvalue weighted by Crippen LogP contribution is 2.08. The van der Waals surface area contributed by atoms with Crippen LogP contribution in [0.5, 0.6) is 0 Å². The van der Waals surface area contributed by atoms with Crippen molar-refractivity contribution >= 4 is 5.97 Å². The molecule has 3 aromatic carbocycles. The molecule has 0 aliphatic rings. The molecule has 0 aliphatic heterocycles. The first-order valence-corrected chi connectivity index (χ1v) is 8.86. The lowest BCUT2D eigenvalue weighted by Crippen LogP contribution is -2.16. The smallest absolute Gasteiger partial charge is 0.338 e. The summed E-state index contributed by atoms with van der Waals surface area (Å²) in [7, 11) is 0. The lowest BCUT2D eigenvalue weighted by molar-refractivity contribution is 0.0472. The molecule has 0 saturated carbocycles. The van der Waals surface area contributed by atoms with Crippen LogP contribution in [0.4, 0.5) is 0 Å². The van der Waals surface area contributed by atoms with Crippen molar-refractivity contribution in [2.75, 3.05) is 6.54 Å². The van der Waals surface area contributed by atoms with Gasteiger partial charge in [-0.05, 0) is 41.8 Å². The van der Waals surface area contributed by atoms with Crippen molar-refractivity contribution < 1.29 is 9.53 Å². The van der Waals surface area contributed by atoms with Crippen molar-refractivity contribution in [1.82, 2.24) is 5.32 Å². The Morgan fingerprint density at radius 1 is 0.731 bits per heavy atom. The van der Waals surface area contributed by atoms with Crippen LogP contribution in [0.25, 0.3) is 0 Å². The summed E-state index contributed by atoms with van der Waals surface area (Å²) in [6.07, 6.45) is 1.00. The molecule has 0 radical (unpaired) electrons. The van der Waals surface area contributed by atoms with Gasteiger partial charge in [0.15, 0.2) is 0 Å². The lowest BCUT2D eigenvalue weighted by atomic mass is 10.1. The van der Waals surface area contributed by atoms with Gasteiger partial charge in [-0.3, -0.25) is 0 Å². The van der Waals surface area contributed by atoms with E-state index >= 15 is 0 Å². The Bertz CT molecular complexity index is 799. The lowest BCUT2D eigenvalue weighted by Gasteiger charge is -2.07. The summed E-state index contributed by atoms with van der Waals surface area (Å²) in [6, 6.07) is 27.7. The van der Waals surface area contributed by atoms with Crippen molar-refractivity contribution in [2.24, 2.45) is 0 Å². The summed E-state index contributed by atoms with van der Waals surface area (Å²) in [4.78, 5) is 12.1. The molecular weight excluding hydrogens is 322 g/mol. The predicted octanol–water partition coefficient (Wildman–Crippen LogP) is 4.38. The highest BCUT2D eigenvalue weighted by molar-refractivity contribution is 5.89. The van der Waals surface area contributed by atoms with E-state index in [2.05, 4.69) is 29.6 Å². The fraction of sp³-hybridized carbons (Fsp3) is 0.174. The molecule has 0 aromatic heterocycles. The Morgan fingerprint density at radius 3 is 2.00 bits per heavy atom. The maximum Gasteiger partial charge on any atom is 0.338 e. The summed E-state index contributed by atoms with van der Waals surface area (Å²) >= 11 is 0. The molecule has 26 heavy (non-hydrogen) atoms. The average Bonchev–Trinajstić information content (AvgIpc) is 2.71. The first kappa shape index (κ1) is 17.9. The molecule has 1 N–H and O–H groups in total. The molecule has 0 heterocycles. The normalized spacial score (nSPS) is 10.5. The SMILES string of the molecule is O=C(OCc1ccccc1)c1ccc(CNCCc2ccccc2)cc1. The summed E-state index contributed by atoms with van der Waals surface area (Å²) in [5.74, 6) is -0.294. The molecule has 0 atom stereocenters. The van der Waals surface area contributed by atoms with Gasteiger partial charge >= 0.3 is 5.97 Å². The summed E-state index contributed by atoms with van der Waals surface area (Å²) < 4.78 is 5.35. The summed E-state index contributed by atoms with van der Waals surface area (Å²) in [6.45, 7) is 2.00. The van der Waals surface area contributed by atoms with E-state index in [1.165, 1.54) is 5.56 Å². The van der Waals surface area contributed by atoms with Gasteiger partial charge in [-0.15, -0.1) is 0 Å². The zero-order valence-electron chi connectivity index (χ0n) is 14.7. The van der Waals surface area contributed by atoms with E-state index in [0.29, 0.717) is 12.2 Å². The third-order valence-electron chi connectivity index (χ3n) is 4.16. The number of hydrogen-bond acceptors (Lipinski definition) is 3. The van der Waals surface area contributed by atoms with Crippen molar-refractivity contribution in [3.05, 3.63) is 107 Å². The Morgan fingerprint density at radius 2 is 1.35 bits per heavy atom. The molecular formula is C23H23NO2. The Hall–Kier alpha value is -2.91. The van der Waals surface area contributed by atoms with Crippen LogP contribution in [0.15, 0.2) is 84.9 Å². The first-order chi connectivity index (χ1) is 12.8. The van der Waals surface area contributed by atoms with Crippen LogP contribution in [0.1, 0.15) is 27.0 Å². The van der Waals surface area contributed by atoms with Crippen molar-refractivity contribution in [1.29, 1.82) is 0 Å². The number of benzene rings is 3. The molecule has 3 aromatic rings. The maximum absolute atomic E-state index is 12.1. The van der Waals surface area contributed by atoms with Crippen molar-refractivity contribution in [3.8, 4) is 0 Å². The second-order valence-electron chi connectivity index (χ2n) is 6.17. The Balaban J connectivity index is 1.42. The van der Waals surface area contributed by atoms with E-state index in [1.54, 1.807) is 0 Å². The quantitative estimate of drug-likeness (QED) is 0.486. The van der Waals surface area contributed by atoms with Crippen LogP contribution in [0.2, 0.25) is 0 Å². The van der Waals surface area contributed by atoms with Crippen LogP contribution < -0.4 is 5.32 Å². The third-order valence-corrected chi connectivity index (χ3v) is 4.16. The van der Waals surface area contributed by atoms with Gasteiger partial charge in [-0.1, -0.05) is 72.8 Å². The zero-order valence-corrected chi connectivity index (χ0v) is 14.7. The van der Waals surface area contributed by atoms with Crippen LogP contribution in [-0.4, -0.2) is 12.5 Å². The zero-order chi connectivity index (χ0) is 18.0. The monoisotopic (exact) mass is 345 g/mol. The molecule has 3 rings (SSSR count). The van der Waals surface area contributed by atoms with Gasteiger partial charge in [0.25, 0.3) is 0 Å². The third kappa shape index (κ3) is 5.57. The number of hydrogen-bond donors (Lipinski definition) is 1. The summed E-state index contributed by atoms with van der Waals surface area (Å²) in [5, 5.41) is 3.43. The number of carbonyl (C=O) groups excluding carboxylic acids is 1. The summed E-state index contributed by atoms with van der Waals surface area (Å²) in [5.41, 5.74) is 4.04. The van der Waals surface area contributed by atoms with Crippen LogP contribution in [0, 0.1) is 0 Å². The fourth-order valence-electron chi connectivity index (χ4n) is 2.68. The number of ether oxygens (including phenoxy) is 1. The molecule has 0 aliphatic carbocycles. The van der Waals surface area contributed by atoms with Crippen molar-refractivity contribution in [3.63, 3.8) is 0 Å². The molecule has 0 amide bonds. The molecule has 3 nitrogen and oxygen atoms in total. The molecule has 0 fully saturated rings. The van der Waals surface area contributed by atoms with Crippen LogP contribution >= 0.6 is 0 Å². The number of nitrogens with one attached hydrogen (secondary N) is 1. The predicted molar refractivity (Wildman–Crippen MR) is 104 cm³/mol. The Kier molecular flexibility index (Phi) is 6.57. The number of rotatable bonds is 8. The van der Waals surface area contributed by atoms with Gasteiger partial charge in [0.2, 0.25) is 0 Å². The van der Waals surface area contributed by atoms with E-state index in [0.717, 1.165) is 30.6 Å². The van der Waals surface area contributed by atoms with Gasteiger partial charge < -0.3 is 10.1 Å². The molecule has 0 bridgehead atoms. The average molecular weight is 345 g/mol. The van der Waals surface area contributed by atoms with Crippen LogP contribution in [0.3, 0.4) is 0 Å². The molecule has 0 saturated heterocycles. The van der Waals surface area contributed by atoms with Gasteiger partial charge in [0.05, 0.1) is 5.56 Å². The molecule has 0 spiro atoms. The second kappa shape index (κ2) is 9.54. The molecule has 132 valence electrons. The number of esters is 1. The number of carbonyl (C=O) groups is 1. The minimum Gasteiger partial charge on any atom is -0.457 e. The van der Waals surface area contributed by atoms with E-state index in [1.807, 2.05) is 60.7 Å². The first-order valence-electron chi connectivity index (χ1n) is 8.86. The minimum atomic E-state index is -0.294.